The smallest absolute Gasteiger partial charge is 0.227 e. The fourth-order valence-electron chi connectivity index (χ4n) is 4.17. The normalized spacial score (nSPS) is 16.4. The molecule has 1 aromatic heterocycles. The third kappa shape index (κ3) is 5.58. The summed E-state index contributed by atoms with van der Waals surface area (Å²) in [6, 6.07) is 16.0. The number of rotatable bonds is 9. The number of benzene rings is 2. The Hall–Kier alpha value is -3.36. The van der Waals surface area contributed by atoms with E-state index in [4.69, 9.17) is 15.6 Å². The average Bonchev–Trinajstić information content (AvgIpc) is 3.69. The van der Waals surface area contributed by atoms with E-state index < -0.39 is 0 Å². The van der Waals surface area contributed by atoms with Crippen LogP contribution < -0.4 is 20.7 Å². The van der Waals surface area contributed by atoms with E-state index in [0.717, 1.165) is 62.0 Å². The summed E-state index contributed by atoms with van der Waals surface area (Å²) in [5.74, 6) is 1.96. The summed E-state index contributed by atoms with van der Waals surface area (Å²) in [7, 11) is 0. The lowest BCUT2D eigenvalue weighted by molar-refractivity contribution is 0.189. The second kappa shape index (κ2) is 10.3. The summed E-state index contributed by atoms with van der Waals surface area (Å²) in [5, 5.41) is 12.4. The van der Waals surface area contributed by atoms with Crippen molar-refractivity contribution >= 4 is 23.0 Å². The minimum atomic E-state index is 0.219. The lowest BCUT2D eigenvalue weighted by Gasteiger charge is -2.35. The third-order valence-corrected chi connectivity index (χ3v) is 6.41. The van der Waals surface area contributed by atoms with E-state index in [-0.39, 0.29) is 6.61 Å². The Bertz CT molecular complexity index is 1090. The molecule has 1 aliphatic carbocycles. The maximum Gasteiger partial charge on any atom is 0.227 e. The van der Waals surface area contributed by atoms with Crippen LogP contribution in [-0.2, 0) is 0 Å². The van der Waals surface area contributed by atoms with E-state index in [2.05, 4.69) is 49.4 Å². The first-order valence-electron chi connectivity index (χ1n) is 12.0. The molecule has 4 N–H and O–H groups in total. The largest absolute Gasteiger partial charge is 0.491 e. The van der Waals surface area contributed by atoms with Gasteiger partial charge in [-0.05, 0) is 67.3 Å². The SMILES string of the molecule is Nc1cc(-c2ccnc(Nc3ccc(N4CCN(CCO)CC4)cc3)n2)ccc1OCC1CC1. The molecule has 5 rings (SSSR count). The Morgan fingerprint density at radius 1 is 1.03 bits per heavy atom. The number of hydrogen-bond acceptors (Lipinski definition) is 8. The third-order valence-electron chi connectivity index (χ3n) is 6.41. The molecular formula is C26H32N6O2. The van der Waals surface area contributed by atoms with Crippen LogP contribution in [0.4, 0.5) is 23.0 Å². The molecule has 1 saturated carbocycles. The highest BCUT2D eigenvalue weighted by molar-refractivity contribution is 5.69. The van der Waals surface area contributed by atoms with Crippen molar-refractivity contribution in [3.8, 4) is 17.0 Å². The van der Waals surface area contributed by atoms with E-state index in [1.165, 1.54) is 18.5 Å². The molecule has 2 aliphatic rings. The van der Waals surface area contributed by atoms with Crippen LogP contribution in [0.1, 0.15) is 12.8 Å². The average molecular weight is 461 g/mol. The molecule has 2 aromatic carbocycles. The number of aromatic nitrogens is 2. The molecule has 1 aliphatic heterocycles. The monoisotopic (exact) mass is 460 g/mol. The second-order valence-corrected chi connectivity index (χ2v) is 9.00. The van der Waals surface area contributed by atoms with Gasteiger partial charge in [0.15, 0.2) is 0 Å². The Labute approximate surface area is 200 Å². The standard InChI is InChI=1S/C26H32N6O2/c27-23-17-20(3-8-25(23)34-18-19-1-2-19)24-9-10-28-26(30-24)29-21-4-6-22(7-5-21)32-13-11-31(12-14-32)15-16-33/h3-10,17,19,33H,1-2,11-16,18,27H2,(H,28,29,30). The molecule has 0 unspecified atom stereocenters. The van der Waals surface area contributed by atoms with E-state index >= 15 is 0 Å². The van der Waals surface area contributed by atoms with Gasteiger partial charge in [-0.25, -0.2) is 9.97 Å². The van der Waals surface area contributed by atoms with Gasteiger partial charge >= 0.3 is 0 Å². The number of nitrogens with two attached hydrogens (primary N) is 1. The molecule has 2 heterocycles. The molecule has 178 valence electrons. The topological polar surface area (TPSA) is 99.8 Å². The first-order valence-corrected chi connectivity index (χ1v) is 12.0. The molecule has 8 nitrogen and oxygen atoms in total. The first-order chi connectivity index (χ1) is 16.7. The summed E-state index contributed by atoms with van der Waals surface area (Å²) in [6.45, 7) is 5.58. The molecule has 8 heteroatoms. The number of anilines is 4. The van der Waals surface area contributed by atoms with Crippen molar-refractivity contribution in [2.24, 2.45) is 5.92 Å². The van der Waals surface area contributed by atoms with Gasteiger partial charge in [-0.15, -0.1) is 0 Å². The number of nitrogens with zero attached hydrogens (tertiary/aromatic N) is 4. The van der Waals surface area contributed by atoms with Crippen molar-refractivity contribution in [3.05, 3.63) is 54.7 Å². The molecular weight excluding hydrogens is 428 g/mol. The quantitative estimate of drug-likeness (QED) is 0.418. The molecule has 0 radical (unpaired) electrons. The first kappa shape index (κ1) is 22.4. The summed E-state index contributed by atoms with van der Waals surface area (Å²) >= 11 is 0. The fourth-order valence-corrected chi connectivity index (χ4v) is 4.17. The van der Waals surface area contributed by atoms with Gasteiger partial charge in [0, 0.05) is 55.9 Å². The maximum absolute atomic E-state index is 9.11. The predicted octanol–water partition coefficient (Wildman–Crippen LogP) is 3.37. The van der Waals surface area contributed by atoms with E-state index in [1.54, 1.807) is 6.20 Å². The number of aliphatic hydroxyl groups excluding tert-OH is 1. The lowest BCUT2D eigenvalue weighted by Crippen LogP contribution is -2.47. The van der Waals surface area contributed by atoms with Crippen molar-refractivity contribution in [1.82, 2.24) is 14.9 Å². The minimum Gasteiger partial charge on any atom is -0.491 e. The highest BCUT2D eigenvalue weighted by Gasteiger charge is 2.22. The van der Waals surface area contributed by atoms with Crippen LogP contribution in [0.5, 0.6) is 5.75 Å². The fraction of sp³-hybridized carbons (Fsp3) is 0.385. The molecule has 0 spiro atoms. The molecule has 34 heavy (non-hydrogen) atoms. The molecule has 0 atom stereocenters. The van der Waals surface area contributed by atoms with Gasteiger partial charge in [0.05, 0.1) is 24.6 Å². The van der Waals surface area contributed by atoms with Gasteiger partial charge in [0.1, 0.15) is 5.75 Å². The van der Waals surface area contributed by atoms with E-state index in [9.17, 15) is 0 Å². The van der Waals surface area contributed by atoms with Crippen molar-refractivity contribution in [1.29, 1.82) is 0 Å². The van der Waals surface area contributed by atoms with Crippen LogP contribution in [0.25, 0.3) is 11.3 Å². The van der Waals surface area contributed by atoms with Gasteiger partial charge < -0.3 is 25.8 Å². The molecule has 0 bridgehead atoms. The van der Waals surface area contributed by atoms with Crippen molar-refractivity contribution in [3.63, 3.8) is 0 Å². The van der Waals surface area contributed by atoms with Crippen LogP contribution in [0.2, 0.25) is 0 Å². The Morgan fingerprint density at radius 3 is 2.53 bits per heavy atom. The van der Waals surface area contributed by atoms with Crippen LogP contribution in [0.3, 0.4) is 0 Å². The van der Waals surface area contributed by atoms with Crippen LogP contribution in [0, 0.1) is 5.92 Å². The summed E-state index contributed by atoms with van der Waals surface area (Å²) in [5.41, 5.74) is 10.7. The van der Waals surface area contributed by atoms with Crippen LogP contribution in [0.15, 0.2) is 54.7 Å². The maximum atomic E-state index is 9.11. The van der Waals surface area contributed by atoms with Gasteiger partial charge in [-0.1, -0.05) is 0 Å². The zero-order valence-corrected chi connectivity index (χ0v) is 19.4. The zero-order valence-electron chi connectivity index (χ0n) is 19.4. The minimum absolute atomic E-state index is 0.219. The van der Waals surface area contributed by atoms with Crippen LogP contribution in [-0.4, -0.2) is 65.9 Å². The van der Waals surface area contributed by atoms with Crippen molar-refractivity contribution in [2.75, 3.05) is 61.9 Å². The van der Waals surface area contributed by atoms with Crippen molar-refractivity contribution < 1.29 is 9.84 Å². The number of nitrogen functional groups attached to an aromatic ring is 1. The highest BCUT2D eigenvalue weighted by Crippen LogP contribution is 2.33. The summed E-state index contributed by atoms with van der Waals surface area (Å²) in [6.07, 6.45) is 4.25. The number of ether oxygens (including phenoxy) is 1. The molecule has 1 saturated heterocycles. The summed E-state index contributed by atoms with van der Waals surface area (Å²) < 4.78 is 5.84. The van der Waals surface area contributed by atoms with Crippen molar-refractivity contribution in [2.45, 2.75) is 12.8 Å². The summed E-state index contributed by atoms with van der Waals surface area (Å²) in [4.78, 5) is 13.7. The Kier molecular flexibility index (Phi) is 6.78. The number of hydrogen-bond donors (Lipinski definition) is 3. The van der Waals surface area contributed by atoms with E-state index in [1.807, 2.05) is 24.3 Å². The van der Waals surface area contributed by atoms with E-state index in [0.29, 0.717) is 17.6 Å². The number of aliphatic hydroxyl groups is 1. The zero-order chi connectivity index (χ0) is 23.3. The van der Waals surface area contributed by atoms with Crippen LogP contribution >= 0.6 is 0 Å². The van der Waals surface area contributed by atoms with Gasteiger partial charge in [0.25, 0.3) is 0 Å². The number of nitrogens with one attached hydrogen (secondary N) is 1. The Balaban J connectivity index is 1.21. The lowest BCUT2D eigenvalue weighted by atomic mass is 10.1. The second-order valence-electron chi connectivity index (χ2n) is 9.00. The number of piperazine rings is 1. The van der Waals surface area contributed by atoms with Gasteiger partial charge in [0.2, 0.25) is 5.95 Å². The number of β-amino-alcohol motifs (C(OH)–C–C–N with tert-alkyl or cyclic N) is 1. The highest BCUT2D eigenvalue weighted by atomic mass is 16.5. The predicted molar refractivity (Wildman–Crippen MR) is 136 cm³/mol. The molecule has 0 amide bonds. The molecule has 3 aromatic rings. The molecule has 2 fully saturated rings. The van der Waals surface area contributed by atoms with Gasteiger partial charge in [-0.2, -0.15) is 0 Å². The van der Waals surface area contributed by atoms with Gasteiger partial charge in [-0.3, -0.25) is 4.90 Å². The Morgan fingerprint density at radius 2 is 1.82 bits per heavy atom.